The maximum atomic E-state index is 12.5. The lowest BCUT2D eigenvalue weighted by molar-refractivity contribution is -0.145. The van der Waals surface area contributed by atoms with Gasteiger partial charge in [-0.05, 0) is 17.7 Å². The molecule has 0 radical (unpaired) electrons. The Morgan fingerprint density at radius 2 is 1.89 bits per heavy atom. The van der Waals surface area contributed by atoms with Gasteiger partial charge >= 0.3 is 12.1 Å². The first kappa shape index (κ1) is 13.9. The molecule has 19 heavy (non-hydrogen) atoms. The Bertz CT molecular complexity index is 456. The maximum Gasteiger partial charge on any atom is 0.416 e. The van der Waals surface area contributed by atoms with Crippen LogP contribution in [0.5, 0.6) is 0 Å². The van der Waals surface area contributed by atoms with Crippen LogP contribution in [-0.4, -0.2) is 26.2 Å². The van der Waals surface area contributed by atoms with Crippen LogP contribution in [0.15, 0.2) is 24.3 Å². The highest BCUT2D eigenvalue weighted by Crippen LogP contribution is 2.33. The molecule has 0 aromatic heterocycles. The zero-order valence-corrected chi connectivity index (χ0v) is 10.3. The number of hydrogen-bond acceptors (Lipinski definition) is 3. The summed E-state index contributed by atoms with van der Waals surface area (Å²) in [6.07, 6.45) is -4.34. The Balaban J connectivity index is 2.20. The molecule has 3 nitrogen and oxygen atoms in total. The molecule has 1 aliphatic rings. The maximum absolute atomic E-state index is 12.5. The molecule has 1 saturated heterocycles. The van der Waals surface area contributed by atoms with Crippen molar-refractivity contribution >= 4 is 5.97 Å². The molecule has 2 unspecified atom stereocenters. The van der Waals surface area contributed by atoms with Crippen molar-refractivity contribution in [3.05, 3.63) is 35.4 Å². The lowest BCUT2D eigenvalue weighted by Gasteiger charge is -2.17. The lowest BCUT2D eigenvalue weighted by Crippen LogP contribution is -2.23. The molecule has 1 aliphatic heterocycles. The Labute approximate surface area is 108 Å². The SMILES string of the molecule is COC(=O)C1CNCC1c1ccc(C(F)(F)F)cc1. The monoisotopic (exact) mass is 273 g/mol. The predicted molar refractivity (Wildman–Crippen MR) is 62.6 cm³/mol. The van der Waals surface area contributed by atoms with E-state index in [-0.39, 0.29) is 17.8 Å². The van der Waals surface area contributed by atoms with Gasteiger partial charge in [0.2, 0.25) is 0 Å². The van der Waals surface area contributed by atoms with E-state index in [1.54, 1.807) is 0 Å². The van der Waals surface area contributed by atoms with Crippen molar-refractivity contribution in [1.82, 2.24) is 5.32 Å². The number of benzene rings is 1. The summed E-state index contributed by atoms with van der Waals surface area (Å²) in [6.45, 7) is 1.05. The summed E-state index contributed by atoms with van der Waals surface area (Å²) in [6, 6.07) is 4.94. The first-order valence-corrected chi connectivity index (χ1v) is 5.89. The molecule has 1 aromatic carbocycles. The van der Waals surface area contributed by atoms with Crippen molar-refractivity contribution < 1.29 is 22.7 Å². The molecule has 0 saturated carbocycles. The number of ether oxygens (including phenoxy) is 1. The quantitative estimate of drug-likeness (QED) is 0.839. The first-order valence-electron chi connectivity index (χ1n) is 5.89. The Morgan fingerprint density at radius 1 is 1.26 bits per heavy atom. The minimum atomic E-state index is -4.34. The fourth-order valence-electron chi connectivity index (χ4n) is 2.35. The van der Waals surface area contributed by atoms with Crippen LogP contribution >= 0.6 is 0 Å². The van der Waals surface area contributed by atoms with E-state index in [1.807, 2.05) is 0 Å². The van der Waals surface area contributed by atoms with E-state index in [4.69, 9.17) is 4.74 Å². The number of hydrogen-bond donors (Lipinski definition) is 1. The molecule has 104 valence electrons. The smallest absolute Gasteiger partial charge is 0.416 e. The van der Waals surface area contributed by atoms with E-state index >= 15 is 0 Å². The summed E-state index contributed by atoms with van der Waals surface area (Å²) in [5.41, 5.74) is 0.0326. The van der Waals surface area contributed by atoms with Crippen LogP contribution in [0.4, 0.5) is 13.2 Å². The average molecular weight is 273 g/mol. The molecular formula is C13H14F3NO2. The van der Waals surface area contributed by atoms with Crippen LogP contribution in [-0.2, 0) is 15.7 Å². The van der Waals surface area contributed by atoms with Crippen LogP contribution in [0.25, 0.3) is 0 Å². The summed E-state index contributed by atoms with van der Waals surface area (Å²) >= 11 is 0. The topological polar surface area (TPSA) is 38.3 Å². The highest BCUT2D eigenvalue weighted by atomic mass is 19.4. The molecular weight excluding hydrogens is 259 g/mol. The third-order valence-electron chi connectivity index (χ3n) is 3.38. The Hall–Kier alpha value is -1.56. The first-order chi connectivity index (χ1) is 8.93. The van der Waals surface area contributed by atoms with Crippen molar-refractivity contribution in [1.29, 1.82) is 0 Å². The third kappa shape index (κ3) is 2.89. The molecule has 0 spiro atoms. The average Bonchev–Trinajstić information content (AvgIpc) is 2.86. The zero-order chi connectivity index (χ0) is 14.0. The molecule has 1 N–H and O–H groups in total. The number of rotatable bonds is 2. The van der Waals surface area contributed by atoms with Crippen molar-refractivity contribution in [2.75, 3.05) is 20.2 Å². The predicted octanol–water partition coefficient (Wildman–Crippen LogP) is 2.18. The molecule has 0 aliphatic carbocycles. The summed E-state index contributed by atoms with van der Waals surface area (Å²) in [7, 11) is 1.31. The van der Waals surface area contributed by atoms with Gasteiger partial charge in [0.25, 0.3) is 0 Å². The van der Waals surface area contributed by atoms with Crippen molar-refractivity contribution in [2.45, 2.75) is 12.1 Å². The fraction of sp³-hybridized carbons (Fsp3) is 0.462. The van der Waals surface area contributed by atoms with E-state index in [1.165, 1.54) is 19.2 Å². The van der Waals surface area contributed by atoms with Crippen LogP contribution in [0.1, 0.15) is 17.0 Å². The van der Waals surface area contributed by atoms with Crippen molar-refractivity contribution in [3.63, 3.8) is 0 Å². The second kappa shape index (κ2) is 5.21. The number of carbonyl (C=O) groups is 1. The number of carbonyl (C=O) groups excluding carboxylic acids is 1. The second-order valence-electron chi connectivity index (χ2n) is 4.51. The fourth-order valence-corrected chi connectivity index (χ4v) is 2.35. The van der Waals surface area contributed by atoms with Gasteiger partial charge in [-0.25, -0.2) is 0 Å². The highest BCUT2D eigenvalue weighted by Gasteiger charge is 2.35. The number of nitrogens with one attached hydrogen (secondary N) is 1. The summed E-state index contributed by atoms with van der Waals surface area (Å²) in [5, 5.41) is 3.06. The molecule has 0 bridgehead atoms. The molecule has 0 amide bonds. The normalized spacial score (nSPS) is 23.4. The van der Waals surface area contributed by atoms with E-state index in [2.05, 4.69) is 5.32 Å². The van der Waals surface area contributed by atoms with Gasteiger partial charge in [0.05, 0.1) is 18.6 Å². The van der Waals surface area contributed by atoms with Gasteiger partial charge < -0.3 is 10.1 Å². The zero-order valence-electron chi connectivity index (χ0n) is 10.3. The van der Waals surface area contributed by atoms with Crippen LogP contribution in [0.3, 0.4) is 0 Å². The van der Waals surface area contributed by atoms with Gasteiger partial charge in [0.1, 0.15) is 0 Å². The van der Waals surface area contributed by atoms with Crippen LogP contribution < -0.4 is 5.32 Å². The standard InChI is InChI=1S/C13H14F3NO2/c1-19-12(18)11-7-17-6-10(11)8-2-4-9(5-3-8)13(14,15)16/h2-5,10-11,17H,6-7H2,1H3. The molecule has 1 aromatic rings. The largest absolute Gasteiger partial charge is 0.469 e. The number of methoxy groups -OCH3 is 1. The van der Waals surface area contributed by atoms with E-state index in [0.29, 0.717) is 18.7 Å². The van der Waals surface area contributed by atoms with Gasteiger partial charge in [-0.15, -0.1) is 0 Å². The highest BCUT2D eigenvalue weighted by molar-refractivity contribution is 5.74. The summed E-state index contributed by atoms with van der Waals surface area (Å²) in [5.74, 6) is -0.827. The van der Waals surface area contributed by atoms with Gasteiger partial charge in [-0.3, -0.25) is 4.79 Å². The number of esters is 1. The third-order valence-corrected chi connectivity index (χ3v) is 3.38. The van der Waals surface area contributed by atoms with Gasteiger partial charge in [0, 0.05) is 19.0 Å². The molecule has 6 heteroatoms. The van der Waals surface area contributed by atoms with Gasteiger partial charge in [0.15, 0.2) is 0 Å². The minimum Gasteiger partial charge on any atom is -0.469 e. The van der Waals surface area contributed by atoms with Crippen molar-refractivity contribution in [2.24, 2.45) is 5.92 Å². The molecule has 1 heterocycles. The Morgan fingerprint density at radius 3 is 2.42 bits per heavy atom. The van der Waals surface area contributed by atoms with E-state index in [0.717, 1.165) is 12.1 Å². The van der Waals surface area contributed by atoms with E-state index in [9.17, 15) is 18.0 Å². The lowest BCUT2D eigenvalue weighted by atomic mass is 9.88. The number of halogens is 3. The van der Waals surface area contributed by atoms with Gasteiger partial charge in [-0.2, -0.15) is 13.2 Å². The van der Waals surface area contributed by atoms with Gasteiger partial charge in [-0.1, -0.05) is 12.1 Å². The van der Waals surface area contributed by atoms with Crippen molar-refractivity contribution in [3.8, 4) is 0 Å². The Kier molecular flexibility index (Phi) is 3.80. The minimum absolute atomic E-state index is 0.144. The molecule has 2 rings (SSSR count). The second-order valence-corrected chi connectivity index (χ2v) is 4.51. The summed E-state index contributed by atoms with van der Waals surface area (Å²) in [4.78, 5) is 11.6. The molecule has 2 atom stereocenters. The summed E-state index contributed by atoms with van der Waals surface area (Å²) < 4.78 is 42.1. The van der Waals surface area contributed by atoms with Crippen LogP contribution in [0, 0.1) is 5.92 Å². The van der Waals surface area contributed by atoms with E-state index < -0.39 is 11.7 Å². The molecule has 1 fully saturated rings. The van der Waals surface area contributed by atoms with Crippen LogP contribution in [0.2, 0.25) is 0 Å². The number of alkyl halides is 3.